The van der Waals surface area contributed by atoms with Gasteiger partial charge in [0, 0.05) is 11.5 Å². The van der Waals surface area contributed by atoms with E-state index in [4.69, 9.17) is 0 Å². The first-order valence-corrected chi connectivity index (χ1v) is 5.30. The fourth-order valence-corrected chi connectivity index (χ4v) is 1.52. The van der Waals surface area contributed by atoms with Gasteiger partial charge in [-0.1, -0.05) is 48.4 Å². The highest BCUT2D eigenvalue weighted by molar-refractivity contribution is 5.64. The van der Waals surface area contributed by atoms with Gasteiger partial charge in [-0.2, -0.15) is 13.2 Å². The van der Waals surface area contributed by atoms with Crippen molar-refractivity contribution < 1.29 is 13.2 Å². The summed E-state index contributed by atoms with van der Waals surface area (Å²) in [4.78, 5) is 0. The molecule has 0 saturated carbocycles. The molecule has 18 heavy (non-hydrogen) atoms. The van der Waals surface area contributed by atoms with Crippen molar-refractivity contribution in [2.45, 2.75) is 6.18 Å². The highest BCUT2D eigenvalue weighted by Gasteiger charge is 2.22. The minimum Gasteiger partial charge on any atom is -0.159 e. The fraction of sp³-hybridized carbons (Fsp3) is 0.0667. The maximum atomic E-state index is 11.9. The summed E-state index contributed by atoms with van der Waals surface area (Å²) in [6.07, 6.45) is -4.45. The van der Waals surface area contributed by atoms with E-state index in [2.05, 4.69) is 5.92 Å². The van der Waals surface area contributed by atoms with E-state index >= 15 is 0 Å². The molecule has 0 aliphatic heterocycles. The van der Waals surface area contributed by atoms with E-state index in [0.717, 1.165) is 11.1 Å². The van der Waals surface area contributed by atoms with Crippen LogP contribution in [0.3, 0.4) is 0 Å². The van der Waals surface area contributed by atoms with Crippen LogP contribution in [0.2, 0.25) is 0 Å². The standard InChI is InChI=1S/C15H9F3/c16-15(17,18)11-10-12-6-8-14(9-7-12)13-4-2-1-3-5-13/h1-9H. The van der Waals surface area contributed by atoms with Gasteiger partial charge in [0.1, 0.15) is 0 Å². The zero-order valence-corrected chi connectivity index (χ0v) is 9.33. The van der Waals surface area contributed by atoms with E-state index in [1.54, 1.807) is 24.3 Å². The number of hydrogen-bond acceptors (Lipinski definition) is 0. The lowest BCUT2D eigenvalue weighted by atomic mass is 10.0. The molecular weight excluding hydrogens is 237 g/mol. The van der Waals surface area contributed by atoms with Crippen molar-refractivity contribution in [1.82, 2.24) is 0 Å². The third-order valence-electron chi connectivity index (χ3n) is 2.34. The highest BCUT2D eigenvalue weighted by Crippen LogP contribution is 2.19. The van der Waals surface area contributed by atoms with Crippen LogP contribution in [-0.4, -0.2) is 6.18 Å². The summed E-state index contributed by atoms with van der Waals surface area (Å²) >= 11 is 0. The molecule has 0 aromatic heterocycles. The molecule has 0 spiro atoms. The van der Waals surface area contributed by atoms with Crippen molar-refractivity contribution in [1.29, 1.82) is 0 Å². The smallest absolute Gasteiger partial charge is 0.159 e. The van der Waals surface area contributed by atoms with E-state index in [0.29, 0.717) is 5.56 Å². The Balaban J connectivity index is 2.23. The molecule has 0 aliphatic carbocycles. The maximum Gasteiger partial charge on any atom is 0.458 e. The van der Waals surface area contributed by atoms with Gasteiger partial charge in [-0.05, 0) is 23.3 Å². The van der Waals surface area contributed by atoms with Crippen LogP contribution in [0.15, 0.2) is 54.6 Å². The molecule has 2 rings (SSSR count). The number of benzene rings is 2. The summed E-state index contributed by atoms with van der Waals surface area (Å²) in [6.45, 7) is 0. The summed E-state index contributed by atoms with van der Waals surface area (Å²) in [5.74, 6) is 3.34. The van der Waals surface area contributed by atoms with Gasteiger partial charge in [-0.3, -0.25) is 0 Å². The minimum atomic E-state index is -4.45. The predicted octanol–water partition coefficient (Wildman–Crippen LogP) is 4.27. The Morgan fingerprint density at radius 2 is 1.28 bits per heavy atom. The van der Waals surface area contributed by atoms with E-state index < -0.39 is 6.18 Å². The summed E-state index contributed by atoms with van der Waals surface area (Å²) in [7, 11) is 0. The zero-order valence-electron chi connectivity index (χ0n) is 9.33. The predicted molar refractivity (Wildman–Crippen MR) is 64.8 cm³/mol. The Morgan fingerprint density at radius 3 is 1.83 bits per heavy atom. The summed E-state index contributed by atoms with van der Waals surface area (Å²) in [5, 5.41) is 0. The molecule has 0 bridgehead atoms. The molecule has 0 radical (unpaired) electrons. The summed E-state index contributed by atoms with van der Waals surface area (Å²) in [6, 6.07) is 16.3. The van der Waals surface area contributed by atoms with Crippen molar-refractivity contribution in [3.63, 3.8) is 0 Å². The van der Waals surface area contributed by atoms with Crippen LogP contribution < -0.4 is 0 Å². The first-order valence-electron chi connectivity index (χ1n) is 5.30. The zero-order chi connectivity index (χ0) is 13.0. The van der Waals surface area contributed by atoms with Crippen LogP contribution >= 0.6 is 0 Å². The SMILES string of the molecule is FC(F)(F)C#Cc1ccc(-c2ccccc2)cc1. The lowest BCUT2D eigenvalue weighted by molar-refractivity contribution is -0.0696. The molecule has 0 N–H and O–H groups in total. The quantitative estimate of drug-likeness (QED) is 0.659. The van der Waals surface area contributed by atoms with Gasteiger partial charge in [0.05, 0.1) is 0 Å². The lowest BCUT2D eigenvalue weighted by Crippen LogP contribution is -2.01. The van der Waals surface area contributed by atoms with E-state index in [1.807, 2.05) is 30.3 Å². The van der Waals surface area contributed by atoms with Crippen molar-refractivity contribution in [2.24, 2.45) is 0 Å². The van der Waals surface area contributed by atoms with Crippen molar-refractivity contribution in [2.75, 3.05) is 0 Å². The van der Waals surface area contributed by atoms with E-state index in [1.165, 1.54) is 5.92 Å². The maximum absolute atomic E-state index is 11.9. The highest BCUT2D eigenvalue weighted by atomic mass is 19.4. The average molecular weight is 246 g/mol. The van der Waals surface area contributed by atoms with E-state index in [9.17, 15) is 13.2 Å². The van der Waals surface area contributed by atoms with Gasteiger partial charge in [-0.15, -0.1) is 0 Å². The second-order valence-electron chi connectivity index (χ2n) is 3.69. The molecule has 0 atom stereocenters. The Morgan fingerprint density at radius 1 is 0.722 bits per heavy atom. The fourth-order valence-electron chi connectivity index (χ4n) is 1.52. The summed E-state index contributed by atoms with van der Waals surface area (Å²) < 4.78 is 35.7. The topological polar surface area (TPSA) is 0 Å². The minimum absolute atomic E-state index is 0.354. The molecule has 0 aliphatic rings. The molecule has 3 heteroatoms. The normalized spacial score (nSPS) is 10.6. The first-order chi connectivity index (χ1) is 8.54. The lowest BCUT2D eigenvalue weighted by Gasteiger charge is -2.01. The Kier molecular flexibility index (Phi) is 3.38. The van der Waals surface area contributed by atoms with Crippen LogP contribution in [0.1, 0.15) is 5.56 Å². The molecule has 0 heterocycles. The Hall–Kier alpha value is -2.21. The molecule has 0 unspecified atom stereocenters. The first kappa shape index (κ1) is 12.3. The largest absolute Gasteiger partial charge is 0.458 e. The van der Waals surface area contributed by atoms with Crippen LogP contribution in [0.25, 0.3) is 11.1 Å². The third-order valence-corrected chi connectivity index (χ3v) is 2.34. The van der Waals surface area contributed by atoms with Gasteiger partial charge in [0.25, 0.3) is 0 Å². The monoisotopic (exact) mass is 246 g/mol. The number of rotatable bonds is 1. The van der Waals surface area contributed by atoms with E-state index in [-0.39, 0.29) is 0 Å². The van der Waals surface area contributed by atoms with Crippen molar-refractivity contribution >= 4 is 0 Å². The van der Waals surface area contributed by atoms with Crippen molar-refractivity contribution in [3.8, 4) is 23.0 Å². The molecule has 0 amide bonds. The number of alkyl halides is 3. The van der Waals surface area contributed by atoms with Gasteiger partial charge in [-0.25, -0.2) is 0 Å². The van der Waals surface area contributed by atoms with Gasteiger partial charge in [0.2, 0.25) is 0 Å². The molecular formula is C15H9F3. The van der Waals surface area contributed by atoms with Crippen LogP contribution in [0.4, 0.5) is 13.2 Å². The Bertz CT molecular complexity index is 569. The second kappa shape index (κ2) is 4.97. The number of hydrogen-bond donors (Lipinski definition) is 0. The van der Waals surface area contributed by atoms with Crippen LogP contribution in [0, 0.1) is 11.8 Å². The molecule has 2 aromatic carbocycles. The van der Waals surface area contributed by atoms with Gasteiger partial charge in [0.15, 0.2) is 0 Å². The van der Waals surface area contributed by atoms with Crippen LogP contribution in [-0.2, 0) is 0 Å². The molecule has 90 valence electrons. The molecule has 0 nitrogen and oxygen atoms in total. The third kappa shape index (κ3) is 3.39. The summed E-state index contributed by atoms with van der Waals surface area (Å²) in [5.41, 5.74) is 2.33. The van der Waals surface area contributed by atoms with Crippen molar-refractivity contribution in [3.05, 3.63) is 60.2 Å². The average Bonchev–Trinajstić information content (AvgIpc) is 2.37. The molecule has 2 aromatic rings. The number of halogens is 3. The van der Waals surface area contributed by atoms with Gasteiger partial charge >= 0.3 is 6.18 Å². The second-order valence-corrected chi connectivity index (χ2v) is 3.69. The van der Waals surface area contributed by atoms with Gasteiger partial charge < -0.3 is 0 Å². The molecule has 0 saturated heterocycles. The van der Waals surface area contributed by atoms with Crippen LogP contribution in [0.5, 0.6) is 0 Å². The molecule has 0 fully saturated rings. The Labute approximate surface area is 103 Å².